The van der Waals surface area contributed by atoms with E-state index in [9.17, 15) is 9.59 Å². The van der Waals surface area contributed by atoms with Crippen LogP contribution in [-0.2, 0) is 4.79 Å². The minimum Gasteiger partial charge on any atom is -0.495 e. The van der Waals surface area contributed by atoms with Crippen LogP contribution in [-0.4, -0.2) is 42.0 Å². The van der Waals surface area contributed by atoms with E-state index in [4.69, 9.17) is 20.2 Å². The van der Waals surface area contributed by atoms with Crippen LogP contribution in [0.4, 0.5) is 10.5 Å². The lowest BCUT2D eigenvalue weighted by Gasteiger charge is -2.14. The number of carbonyl (C=O) groups is 2. The van der Waals surface area contributed by atoms with Gasteiger partial charge in [0.2, 0.25) is 0 Å². The summed E-state index contributed by atoms with van der Waals surface area (Å²) >= 11 is 0. The topological polar surface area (TPSA) is 132 Å². The molecule has 0 aromatic heterocycles. The van der Waals surface area contributed by atoms with Gasteiger partial charge in [-0.3, -0.25) is 0 Å². The molecular formula is C12H13N3O5. The lowest BCUT2D eigenvalue weighted by molar-refractivity contribution is -0.140. The van der Waals surface area contributed by atoms with Crippen LogP contribution in [0.1, 0.15) is 5.56 Å². The van der Waals surface area contributed by atoms with Crippen LogP contribution < -0.4 is 15.4 Å². The molecule has 0 radical (unpaired) electrons. The standard InChI is InChI=1S/C12H13N3O5/c1-20-10-4-7(5-13)2-3-8(10)14-12(19)15-9(6-16)11(17)18/h2-4,9,16H,6H2,1H3,(H,17,18)(H2,14,15,19)/t9-/m0/s1. The van der Waals surface area contributed by atoms with Crippen molar-refractivity contribution in [3.05, 3.63) is 23.8 Å². The van der Waals surface area contributed by atoms with Crippen molar-refractivity contribution in [3.8, 4) is 11.8 Å². The number of aliphatic hydroxyl groups is 1. The number of hydrogen-bond donors (Lipinski definition) is 4. The van der Waals surface area contributed by atoms with E-state index in [2.05, 4.69) is 10.6 Å². The monoisotopic (exact) mass is 279 g/mol. The summed E-state index contributed by atoms with van der Waals surface area (Å²) in [4.78, 5) is 22.3. The first-order chi connectivity index (χ1) is 9.51. The van der Waals surface area contributed by atoms with Crippen LogP contribution in [0.3, 0.4) is 0 Å². The zero-order valence-corrected chi connectivity index (χ0v) is 10.6. The minimum atomic E-state index is -1.40. The zero-order chi connectivity index (χ0) is 15.1. The van der Waals surface area contributed by atoms with Gasteiger partial charge in [-0.05, 0) is 12.1 Å². The molecule has 8 heteroatoms. The SMILES string of the molecule is COc1cc(C#N)ccc1NC(=O)N[C@@H](CO)C(=O)O. The zero-order valence-electron chi connectivity index (χ0n) is 10.6. The molecule has 0 bridgehead atoms. The van der Waals surface area contributed by atoms with Crippen molar-refractivity contribution in [1.82, 2.24) is 5.32 Å². The predicted molar refractivity (Wildman–Crippen MR) is 68.4 cm³/mol. The normalized spacial score (nSPS) is 11.1. The summed E-state index contributed by atoms with van der Waals surface area (Å²) in [5.74, 6) is -1.09. The van der Waals surface area contributed by atoms with E-state index in [1.165, 1.54) is 25.3 Å². The Labute approximate surface area is 114 Å². The number of nitrogens with one attached hydrogen (secondary N) is 2. The molecule has 1 rings (SSSR count). The Morgan fingerprint density at radius 1 is 1.50 bits per heavy atom. The molecule has 106 valence electrons. The summed E-state index contributed by atoms with van der Waals surface area (Å²) < 4.78 is 5.01. The Balaban J connectivity index is 2.80. The number of aliphatic carboxylic acids is 1. The maximum Gasteiger partial charge on any atom is 0.328 e. The van der Waals surface area contributed by atoms with Gasteiger partial charge in [-0.25, -0.2) is 9.59 Å². The average Bonchev–Trinajstić information content (AvgIpc) is 2.44. The van der Waals surface area contributed by atoms with Crippen LogP contribution in [0.15, 0.2) is 18.2 Å². The van der Waals surface area contributed by atoms with E-state index in [1.807, 2.05) is 6.07 Å². The minimum absolute atomic E-state index is 0.259. The molecule has 0 spiro atoms. The number of carboxylic acid groups (broad SMARTS) is 1. The highest BCUT2D eigenvalue weighted by atomic mass is 16.5. The van der Waals surface area contributed by atoms with E-state index < -0.39 is 24.6 Å². The number of rotatable bonds is 5. The van der Waals surface area contributed by atoms with Crippen LogP contribution in [0.25, 0.3) is 0 Å². The van der Waals surface area contributed by atoms with Crippen molar-refractivity contribution in [2.45, 2.75) is 6.04 Å². The van der Waals surface area contributed by atoms with Crippen LogP contribution in [0, 0.1) is 11.3 Å². The molecule has 1 aromatic carbocycles. The fraction of sp³-hybridized carbons (Fsp3) is 0.250. The number of anilines is 1. The number of ether oxygens (including phenoxy) is 1. The maximum absolute atomic E-state index is 11.6. The Bertz CT molecular complexity index is 553. The predicted octanol–water partition coefficient (Wildman–Crippen LogP) is 0.134. The Hall–Kier alpha value is -2.79. The average molecular weight is 279 g/mol. The second-order valence-electron chi connectivity index (χ2n) is 3.70. The highest BCUT2D eigenvalue weighted by Crippen LogP contribution is 2.25. The smallest absolute Gasteiger partial charge is 0.328 e. The van der Waals surface area contributed by atoms with Crippen molar-refractivity contribution in [2.24, 2.45) is 0 Å². The van der Waals surface area contributed by atoms with Gasteiger partial charge in [-0.15, -0.1) is 0 Å². The van der Waals surface area contributed by atoms with E-state index in [-0.39, 0.29) is 11.4 Å². The summed E-state index contributed by atoms with van der Waals surface area (Å²) in [6.45, 7) is -0.729. The Kier molecular flexibility index (Phi) is 5.31. The molecule has 0 heterocycles. The molecule has 0 aliphatic carbocycles. The number of carbonyl (C=O) groups excluding carboxylic acids is 1. The lowest BCUT2D eigenvalue weighted by atomic mass is 10.2. The van der Waals surface area contributed by atoms with Gasteiger partial charge in [-0.1, -0.05) is 0 Å². The van der Waals surface area contributed by atoms with Gasteiger partial charge in [0.25, 0.3) is 0 Å². The molecular weight excluding hydrogens is 266 g/mol. The Morgan fingerprint density at radius 2 is 2.20 bits per heavy atom. The van der Waals surface area contributed by atoms with Crippen molar-refractivity contribution < 1.29 is 24.5 Å². The number of benzene rings is 1. The molecule has 8 nitrogen and oxygen atoms in total. The first kappa shape index (κ1) is 15.3. The van der Waals surface area contributed by atoms with Gasteiger partial charge in [-0.2, -0.15) is 5.26 Å². The summed E-state index contributed by atoms with van der Waals surface area (Å²) in [6.07, 6.45) is 0. The quantitative estimate of drug-likeness (QED) is 0.606. The molecule has 2 amide bonds. The van der Waals surface area contributed by atoms with Crippen molar-refractivity contribution in [1.29, 1.82) is 5.26 Å². The van der Waals surface area contributed by atoms with Gasteiger partial charge < -0.3 is 25.6 Å². The van der Waals surface area contributed by atoms with E-state index in [1.54, 1.807) is 0 Å². The van der Waals surface area contributed by atoms with Gasteiger partial charge in [0.1, 0.15) is 5.75 Å². The first-order valence-electron chi connectivity index (χ1n) is 5.51. The third-order valence-electron chi connectivity index (χ3n) is 2.36. The summed E-state index contributed by atoms with van der Waals surface area (Å²) in [5, 5.41) is 30.7. The fourth-order valence-electron chi connectivity index (χ4n) is 1.37. The molecule has 20 heavy (non-hydrogen) atoms. The van der Waals surface area contributed by atoms with E-state index in [0.717, 1.165) is 0 Å². The second kappa shape index (κ2) is 6.96. The van der Waals surface area contributed by atoms with Gasteiger partial charge in [0.05, 0.1) is 31.0 Å². The largest absolute Gasteiger partial charge is 0.495 e. The molecule has 0 aliphatic rings. The van der Waals surface area contributed by atoms with Gasteiger partial charge in [0.15, 0.2) is 6.04 Å². The third kappa shape index (κ3) is 3.86. The third-order valence-corrected chi connectivity index (χ3v) is 2.36. The number of aliphatic hydroxyl groups excluding tert-OH is 1. The highest BCUT2D eigenvalue weighted by molar-refractivity contribution is 5.93. The molecule has 1 aromatic rings. The summed E-state index contributed by atoms with van der Waals surface area (Å²) in [7, 11) is 1.37. The first-order valence-corrected chi connectivity index (χ1v) is 5.51. The van der Waals surface area contributed by atoms with Crippen LogP contribution in [0.5, 0.6) is 5.75 Å². The van der Waals surface area contributed by atoms with Gasteiger partial charge >= 0.3 is 12.0 Å². The number of urea groups is 1. The summed E-state index contributed by atoms with van der Waals surface area (Å²) in [5.41, 5.74) is 0.623. The van der Waals surface area contributed by atoms with Crippen LogP contribution in [0.2, 0.25) is 0 Å². The van der Waals surface area contributed by atoms with Crippen molar-refractivity contribution >= 4 is 17.7 Å². The fourth-order valence-corrected chi connectivity index (χ4v) is 1.37. The van der Waals surface area contributed by atoms with Crippen molar-refractivity contribution in [2.75, 3.05) is 19.0 Å². The number of carboxylic acids is 1. The maximum atomic E-state index is 11.6. The molecule has 0 aliphatic heterocycles. The number of nitriles is 1. The molecule has 0 saturated heterocycles. The van der Waals surface area contributed by atoms with E-state index in [0.29, 0.717) is 5.56 Å². The molecule has 0 fully saturated rings. The van der Waals surface area contributed by atoms with Crippen LogP contribution >= 0.6 is 0 Å². The molecule has 0 saturated carbocycles. The lowest BCUT2D eigenvalue weighted by Crippen LogP contribution is -2.45. The molecule has 4 N–H and O–H groups in total. The van der Waals surface area contributed by atoms with Crippen molar-refractivity contribution in [3.63, 3.8) is 0 Å². The van der Waals surface area contributed by atoms with E-state index >= 15 is 0 Å². The Morgan fingerprint density at radius 3 is 2.70 bits per heavy atom. The highest BCUT2D eigenvalue weighted by Gasteiger charge is 2.19. The summed E-state index contributed by atoms with van der Waals surface area (Å²) in [6, 6.07) is 4.05. The number of methoxy groups -OCH3 is 1. The molecule has 0 unspecified atom stereocenters. The number of hydrogen-bond acceptors (Lipinski definition) is 5. The number of nitrogens with zero attached hydrogens (tertiary/aromatic N) is 1. The second-order valence-corrected chi connectivity index (χ2v) is 3.70. The van der Waals surface area contributed by atoms with Gasteiger partial charge in [0, 0.05) is 6.07 Å². The number of amides is 2. The molecule has 1 atom stereocenters.